The number of aryl methyl sites for hydroxylation is 1. The molecule has 1 aromatic carbocycles. The van der Waals surface area contributed by atoms with E-state index in [0.717, 1.165) is 5.56 Å². The van der Waals surface area contributed by atoms with E-state index in [4.69, 9.17) is 0 Å². The smallest absolute Gasteiger partial charge is 0.123 e. The molecule has 1 N–H and O–H groups in total. The molecule has 3 heteroatoms. The number of hydrogen-bond acceptors (Lipinski definition) is 2. The van der Waals surface area contributed by atoms with Crippen molar-refractivity contribution in [3.05, 3.63) is 35.6 Å². The number of benzene rings is 1. The second-order valence-corrected chi connectivity index (χ2v) is 3.22. The summed E-state index contributed by atoms with van der Waals surface area (Å²) >= 11 is 0. The van der Waals surface area contributed by atoms with Gasteiger partial charge in [-0.2, -0.15) is 0 Å². The minimum atomic E-state index is -0.586. The molecule has 0 radical (unpaired) electrons. The number of aldehydes is 1. The quantitative estimate of drug-likeness (QED) is 0.728. The third-order valence-corrected chi connectivity index (χ3v) is 2.05. The highest BCUT2D eigenvalue weighted by molar-refractivity contribution is 5.49. The van der Waals surface area contributed by atoms with Gasteiger partial charge < -0.3 is 9.90 Å². The summed E-state index contributed by atoms with van der Waals surface area (Å²) in [6.07, 6.45) is 1.48. The van der Waals surface area contributed by atoms with Crippen LogP contribution in [-0.4, -0.2) is 17.5 Å². The van der Waals surface area contributed by atoms with E-state index in [9.17, 15) is 14.3 Å². The first-order valence-corrected chi connectivity index (χ1v) is 4.58. The van der Waals surface area contributed by atoms with E-state index in [0.29, 0.717) is 19.1 Å². The molecule has 0 bridgehead atoms. The number of aliphatic hydroxyl groups is 1. The van der Waals surface area contributed by atoms with Crippen LogP contribution in [0.5, 0.6) is 0 Å². The third kappa shape index (κ3) is 3.66. The van der Waals surface area contributed by atoms with Crippen LogP contribution >= 0.6 is 0 Å². The van der Waals surface area contributed by atoms with Crippen molar-refractivity contribution in [2.24, 2.45) is 0 Å². The Hall–Kier alpha value is -1.22. The molecule has 0 heterocycles. The van der Waals surface area contributed by atoms with E-state index < -0.39 is 6.10 Å². The summed E-state index contributed by atoms with van der Waals surface area (Å²) in [6.45, 7) is 0. The van der Waals surface area contributed by atoms with Crippen LogP contribution in [0.4, 0.5) is 4.39 Å². The Bertz CT molecular complexity index is 282. The average molecular weight is 196 g/mol. The first-order valence-electron chi connectivity index (χ1n) is 4.58. The standard InChI is InChI=1S/C11H13FO2/c12-10-4-1-9(2-5-10)3-6-11(14)7-8-13/h1-2,4-5,8,11,14H,3,6-7H2. The maximum atomic E-state index is 12.5. The second-order valence-electron chi connectivity index (χ2n) is 3.22. The van der Waals surface area contributed by atoms with E-state index >= 15 is 0 Å². The number of aliphatic hydroxyl groups excluding tert-OH is 1. The molecule has 0 aliphatic carbocycles. The number of hydrogen-bond donors (Lipinski definition) is 1. The molecule has 1 aromatic rings. The van der Waals surface area contributed by atoms with Gasteiger partial charge in [0.05, 0.1) is 6.10 Å². The SMILES string of the molecule is O=CCC(O)CCc1ccc(F)cc1. The molecule has 76 valence electrons. The van der Waals surface area contributed by atoms with Crippen molar-refractivity contribution in [1.82, 2.24) is 0 Å². The lowest BCUT2D eigenvalue weighted by Gasteiger charge is -2.06. The summed E-state index contributed by atoms with van der Waals surface area (Å²) in [7, 11) is 0. The van der Waals surface area contributed by atoms with E-state index in [-0.39, 0.29) is 12.2 Å². The van der Waals surface area contributed by atoms with Gasteiger partial charge in [0.2, 0.25) is 0 Å². The molecule has 0 saturated carbocycles. The Labute approximate surface area is 82.4 Å². The molecule has 0 saturated heterocycles. The summed E-state index contributed by atoms with van der Waals surface area (Å²) in [4.78, 5) is 10.1. The molecule has 1 rings (SSSR count). The van der Waals surface area contributed by atoms with Gasteiger partial charge in [-0.05, 0) is 30.5 Å². The monoisotopic (exact) mass is 196 g/mol. The number of carbonyl (C=O) groups excluding carboxylic acids is 1. The van der Waals surface area contributed by atoms with Crippen molar-refractivity contribution in [1.29, 1.82) is 0 Å². The van der Waals surface area contributed by atoms with E-state index in [1.165, 1.54) is 12.1 Å². The lowest BCUT2D eigenvalue weighted by Crippen LogP contribution is -2.08. The molecule has 0 fully saturated rings. The van der Waals surface area contributed by atoms with Crippen molar-refractivity contribution in [3.63, 3.8) is 0 Å². The molecular weight excluding hydrogens is 183 g/mol. The van der Waals surface area contributed by atoms with Crippen molar-refractivity contribution in [2.45, 2.75) is 25.4 Å². The van der Waals surface area contributed by atoms with Gasteiger partial charge >= 0.3 is 0 Å². The van der Waals surface area contributed by atoms with Gasteiger partial charge in [-0.1, -0.05) is 12.1 Å². The van der Waals surface area contributed by atoms with Gasteiger partial charge in [-0.3, -0.25) is 0 Å². The Balaban J connectivity index is 2.37. The molecule has 0 amide bonds. The summed E-state index contributed by atoms with van der Waals surface area (Å²) in [5.41, 5.74) is 0.969. The Kier molecular flexibility index (Phi) is 4.26. The van der Waals surface area contributed by atoms with Crippen molar-refractivity contribution >= 4 is 6.29 Å². The molecule has 0 aliphatic rings. The van der Waals surface area contributed by atoms with Gasteiger partial charge in [-0.25, -0.2) is 4.39 Å². The van der Waals surface area contributed by atoms with Crippen molar-refractivity contribution in [3.8, 4) is 0 Å². The predicted molar refractivity (Wildman–Crippen MR) is 51.4 cm³/mol. The molecule has 0 aromatic heterocycles. The second kappa shape index (κ2) is 5.50. The topological polar surface area (TPSA) is 37.3 Å². The zero-order valence-corrected chi connectivity index (χ0v) is 7.82. The van der Waals surface area contributed by atoms with Crippen LogP contribution in [0.3, 0.4) is 0 Å². The fourth-order valence-electron chi connectivity index (χ4n) is 1.21. The highest BCUT2D eigenvalue weighted by atomic mass is 19.1. The summed E-state index contributed by atoms with van der Waals surface area (Å²) in [5.74, 6) is -0.262. The van der Waals surface area contributed by atoms with Crippen LogP contribution in [0.1, 0.15) is 18.4 Å². The zero-order chi connectivity index (χ0) is 10.4. The largest absolute Gasteiger partial charge is 0.393 e. The minimum Gasteiger partial charge on any atom is -0.393 e. The zero-order valence-electron chi connectivity index (χ0n) is 7.82. The van der Waals surface area contributed by atoms with Gasteiger partial charge in [0.25, 0.3) is 0 Å². The minimum absolute atomic E-state index is 0.168. The van der Waals surface area contributed by atoms with Gasteiger partial charge in [0.15, 0.2) is 0 Å². The normalized spacial score (nSPS) is 12.4. The van der Waals surface area contributed by atoms with E-state index in [1.54, 1.807) is 12.1 Å². The average Bonchev–Trinajstić information content (AvgIpc) is 2.17. The molecule has 2 nitrogen and oxygen atoms in total. The maximum Gasteiger partial charge on any atom is 0.123 e. The Morgan fingerprint density at radius 3 is 2.57 bits per heavy atom. The fourth-order valence-corrected chi connectivity index (χ4v) is 1.21. The number of carbonyl (C=O) groups is 1. The predicted octanol–water partition coefficient (Wildman–Crippen LogP) is 1.71. The van der Waals surface area contributed by atoms with Gasteiger partial charge in [0.1, 0.15) is 12.1 Å². The summed E-state index contributed by atoms with van der Waals surface area (Å²) < 4.78 is 12.5. The molecule has 14 heavy (non-hydrogen) atoms. The summed E-state index contributed by atoms with van der Waals surface area (Å²) in [6, 6.07) is 6.15. The van der Waals surface area contributed by atoms with Crippen LogP contribution in [0.2, 0.25) is 0 Å². The lowest BCUT2D eigenvalue weighted by molar-refractivity contribution is -0.109. The van der Waals surface area contributed by atoms with Gasteiger partial charge in [-0.15, -0.1) is 0 Å². The first kappa shape index (κ1) is 10.9. The number of rotatable bonds is 5. The van der Waals surface area contributed by atoms with Crippen LogP contribution in [0.15, 0.2) is 24.3 Å². The maximum absolute atomic E-state index is 12.5. The van der Waals surface area contributed by atoms with Crippen LogP contribution in [-0.2, 0) is 11.2 Å². The van der Waals surface area contributed by atoms with Crippen LogP contribution < -0.4 is 0 Å². The van der Waals surface area contributed by atoms with E-state index in [1.807, 2.05) is 0 Å². The fraction of sp³-hybridized carbons (Fsp3) is 0.364. The van der Waals surface area contributed by atoms with Crippen LogP contribution in [0, 0.1) is 5.82 Å². The summed E-state index contributed by atoms with van der Waals surface area (Å²) in [5, 5.41) is 9.26. The molecular formula is C11H13FO2. The molecule has 0 spiro atoms. The molecule has 1 atom stereocenters. The Morgan fingerprint density at radius 1 is 1.36 bits per heavy atom. The number of halogens is 1. The highest BCUT2D eigenvalue weighted by Crippen LogP contribution is 2.07. The van der Waals surface area contributed by atoms with Crippen LogP contribution in [0.25, 0.3) is 0 Å². The first-order chi connectivity index (χ1) is 6.72. The highest BCUT2D eigenvalue weighted by Gasteiger charge is 2.03. The molecule has 0 aliphatic heterocycles. The molecule has 1 unspecified atom stereocenters. The third-order valence-electron chi connectivity index (χ3n) is 2.05. The van der Waals surface area contributed by atoms with E-state index in [2.05, 4.69) is 0 Å². The van der Waals surface area contributed by atoms with Crippen molar-refractivity contribution in [2.75, 3.05) is 0 Å². The van der Waals surface area contributed by atoms with Crippen molar-refractivity contribution < 1.29 is 14.3 Å². The Morgan fingerprint density at radius 2 is 2.00 bits per heavy atom. The van der Waals surface area contributed by atoms with Gasteiger partial charge in [0, 0.05) is 6.42 Å². The lowest BCUT2D eigenvalue weighted by atomic mass is 10.1.